The van der Waals surface area contributed by atoms with E-state index in [2.05, 4.69) is 19.9 Å². The van der Waals surface area contributed by atoms with E-state index in [0.717, 1.165) is 0 Å². The lowest BCUT2D eigenvalue weighted by Gasteiger charge is -1.84. The molecule has 1 aromatic heterocycles. The lowest BCUT2D eigenvalue weighted by Crippen LogP contribution is -1.95. The fourth-order valence-electron chi connectivity index (χ4n) is 0.411. The summed E-state index contributed by atoms with van der Waals surface area (Å²) < 4.78 is 4.56. The summed E-state index contributed by atoms with van der Waals surface area (Å²) in [5.74, 6) is -1.64. The number of rotatable bonds is 2. The number of nitrogens with one attached hydrogen (secondary N) is 1. The van der Waals surface area contributed by atoms with Crippen LogP contribution in [-0.2, 0) is 0 Å². The summed E-state index contributed by atoms with van der Waals surface area (Å²) >= 11 is 0. The Labute approximate surface area is 55.9 Å². The van der Waals surface area contributed by atoms with Gasteiger partial charge in [-0.25, -0.2) is 4.79 Å². The van der Waals surface area contributed by atoms with Crippen LogP contribution in [0.1, 0.15) is 10.7 Å². The predicted molar refractivity (Wildman–Crippen MR) is 30.8 cm³/mol. The highest BCUT2D eigenvalue weighted by Gasteiger charge is 2.10. The van der Waals surface area contributed by atoms with Crippen LogP contribution in [0.15, 0.2) is 4.42 Å². The van der Waals surface area contributed by atoms with Crippen molar-refractivity contribution in [1.29, 1.82) is 0 Å². The molecule has 0 atom stereocenters. The zero-order valence-corrected chi connectivity index (χ0v) is 5.16. The van der Waals surface area contributed by atoms with E-state index in [9.17, 15) is 4.79 Å². The van der Waals surface area contributed by atoms with Crippen molar-refractivity contribution in [2.24, 2.45) is 0 Å². The van der Waals surface area contributed by atoms with E-state index in [-0.39, 0.29) is 6.01 Å². The fourth-order valence-corrected chi connectivity index (χ4v) is 0.411. The van der Waals surface area contributed by atoms with Gasteiger partial charge in [-0.3, -0.25) is 0 Å². The summed E-state index contributed by atoms with van der Waals surface area (Å²) in [7, 11) is 1.55. The number of hydrogen-bond acceptors (Lipinski definition) is 5. The van der Waals surface area contributed by atoms with E-state index >= 15 is 0 Å². The number of carbonyl (C=O) groups is 1. The summed E-state index contributed by atoms with van der Waals surface area (Å²) in [4.78, 5) is 10.1. The van der Waals surface area contributed by atoms with Gasteiger partial charge in [0.1, 0.15) is 0 Å². The summed E-state index contributed by atoms with van der Waals surface area (Å²) in [6.45, 7) is 0. The molecule has 0 aliphatic heterocycles. The first-order valence-electron chi connectivity index (χ1n) is 2.48. The molecule has 0 aliphatic rings. The van der Waals surface area contributed by atoms with E-state index in [1.54, 1.807) is 7.05 Å². The minimum Gasteiger partial charge on any atom is -0.474 e. The van der Waals surface area contributed by atoms with Gasteiger partial charge in [0.15, 0.2) is 0 Å². The number of nitrogens with zero attached hydrogens (tertiary/aromatic N) is 2. The van der Waals surface area contributed by atoms with Gasteiger partial charge in [0.25, 0.3) is 0 Å². The van der Waals surface area contributed by atoms with E-state index in [0.29, 0.717) is 0 Å². The molecule has 0 radical (unpaired) electrons. The Morgan fingerprint density at radius 3 is 2.70 bits per heavy atom. The van der Waals surface area contributed by atoms with Gasteiger partial charge >= 0.3 is 17.9 Å². The van der Waals surface area contributed by atoms with Crippen molar-refractivity contribution in [2.45, 2.75) is 0 Å². The molecule has 2 N–H and O–H groups in total. The smallest absolute Gasteiger partial charge is 0.393 e. The number of anilines is 1. The van der Waals surface area contributed by atoms with Crippen molar-refractivity contribution in [3.63, 3.8) is 0 Å². The molecule has 10 heavy (non-hydrogen) atoms. The van der Waals surface area contributed by atoms with Crippen LogP contribution >= 0.6 is 0 Å². The van der Waals surface area contributed by atoms with Crippen LogP contribution in [-0.4, -0.2) is 28.3 Å². The second-order valence-electron chi connectivity index (χ2n) is 1.47. The van der Waals surface area contributed by atoms with Gasteiger partial charge in [-0.05, 0) is 0 Å². The number of hydrogen-bond donors (Lipinski definition) is 2. The second kappa shape index (κ2) is 2.34. The first-order chi connectivity index (χ1) is 4.74. The molecule has 6 heteroatoms. The van der Waals surface area contributed by atoms with Crippen LogP contribution in [0.3, 0.4) is 0 Å². The van der Waals surface area contributed by atoms with Gasteiger partial charge in [-0.1, -0.05) is 10.2 Å². The fraction of sp³-hybridized carbons (Fsp3) is 0.250. The first-order valence-corrected chi connectivity index (χ1v) is 2.48. The Morgan fingerprint density at radius 1 is 1.70 bits per heavy atom. The molecule has 0 saturated heterocycles. The van der Waals surface area contributed by atoms with Crippen LogP contribution in [0.5, 0.6) is 0 Å². The van der Waals surface area contributed by atoms with E-state index in [1.165, 1.54) is 0 Å². The molecule has 6 nitrogen and oxygen atoms in total. The monoisotopic (exact) mass is 143 g/mol. The number of aromatic carboxylic acids is 1. The van der Waals surface area contributed by atoms with Crippen LogP contribution < -0.4 is 5.32 Å². The zero-order valence-electron chi connectivity index (χ0n) is 5.16. The van der Waals surface area contributed by atoms with Gasteiger partial charge in [0, 0.05) is 7.05 Å². The maximum atomic E-state index is 10.1. The molecule has 0 amide bonds. The Hall–Kier alpha value is -1.59. The van der Waals surface area contributed by atoms with Crippen molar-refractivity contribution < 1.29 is 14.3 Å². The second-order valence-corrected chi connectivity index (χ2v) is 1.47. The number of carboxylic acid groups (broad SMARTS) is 1. The average Bonchev–Trinajstić information content (AvgIpc) is 2.34. The molecule has 0 aromatic carbocycles. The highest BCUT2D eigenvalue weighted by molar-refractivity contribution is 5.81. The van der Waals surface area contributed by atoms with Crippen LogP contribution in [0, 0.1) is 0 Å². The summed E-state index contributed by atoms with van der Waals surface area (Å²) in [5.41, 5.74) is 0. The van der Waals surface area contributed by atoms with Gasteiger partial charge in [-0.15, -0.1) is 0 Å². The third kappa shape index (κ3) is 1.04. The standard InChI is InChI=1S/C4H5N3O3/c1-5-4-7-6-2(10-4)3(8)9/h1H3,(H,5,7)(H,8,9). The van der Waals surface area contributed by atoms with Crippen molar-refractivity contribution in [1.82, 2.24) is 10.2 Å². The molecule has 54 valence electrons. The van der Waals surface area contributed by atoms with Crippen molar-refractivity contribution in [3.05, 3.63) is 5.89 Å². The average molecular weight is 143 g/mol. The largest absolute Gasteiger partial charge is 0.474 e. The van der Waals surface area contributed by atoms with Crippen molar-refractivity contribution >= 4 is 12.0 Å². The summed E-state index contributed by atoms with van der Waals surface area (Å²) in [5, 5.41) is 17.3. The van der Waals surface area contributed by atoms with Crippen LogP contribution in [0.4, 0.5) is 6.01 Å². The third-order valence-corrected chi connectivity index (χ3v) is 0.822. The predicted octanol–water partition coefficient (Wildman–Crippen LogP) is -0.191. The molecule has 0 aliphatic carbocycles. The molecule has 0 spiro atoms. The quantitative estimate of drug-likeness (QED) is 0.596. The number of aromatic nitrogens is 2. The highest BCUT2D eigenvalue weighted by atomic mass is 16.4. The molecular formula is C4H5N3O3. The van der Waals surface area contributed by atoms with E-state index < -0.39 is 11.9 Å². The highest BCUT2D eigenvalue weighted by Crippen LogP contribution is 2.02. The minimum atomic E-state index is -1.23. The molecule has 1 aromatic rings. The van der Waals surface area contributed by atoms with Crippen molar-refractivity contribution in [3.8, 4) is 0 Å². The first kappa shape index (κ1) is 6.53. The normalized spacial score (nSPS) is 9.30. The Morgan fingerprint density at radius 2 is 2.40 bits per heavy atom. The molecule has 0 fully saturated rings. The maximum Gasteiger partial charge on any atom is 0.393 e. The maximum absolute atomic E-state index is 10.1. The Balaban J connectivity index is 2.88. The lowest BCUT2D eigenvalue weighted by atomic mass is 10.7. The van der Waals surface area contributed by atoms with Gasteiger partial charge in [0.2, 0.25) is 0 Å². The van der Waals surface area contributed by atoms with Crippen LogP contribution in [0.2, 0.25) is 0 Å². The molecule has 0 saturated carbocycles. The SMILES string of the molecule is CNc1nnc(C(=O)O)o1. The van der Waals surface area contributed by atoms with Gasteiger partial charge in [0.05, 0.1) is 0 Å². The topological polar surface area (TPSA) is 88.2 Å². The zero-order chi connectivity index (χ0) is 7.56. The molecule has 0 bridgehead atoms. The molecule has 1 rings (SSSR count). The van der Waals surface area contributed by atoms with Crippen molar-refractivity contribution in [2.75, 3.05) is 12.4 Å². The summed E-state index contributed by atoms with van der Waals surface area (Å²) in [6, 6.07) is 0.0948. The van der Waals surface area contributed by atoms with E-state index in [4.69, 9.17) is 5.11 Å². The Bertz CT molecular complexity index is 244. The van der Waals surface area contributed by atoms with Gasteiger partial charge < -0.3 is 14.8 Å². The Kier molecular flexibility index (Phi) is 1.53. The lowest BCUT2D eigenvalue weighted by molar-refractivity contribution is 0.0654. The third-order valence-electron chi connectivity index (χ3n) is 0.822. The molecular weight excluding hydrogens is 138 g/mol. The minimum absolute atomic E-state index is 0.0948. The van der Waals surface area contributed by atoms with E-state index in [1.807, 2.05) is 0 Å². The molecule has 0 unspecified atom stereocenters. The van der Waals surface area contributed by atoms with Gasteiger partial charge in [-0.2, -0.15) is 0 Å². The summed E-state index contributed by atoms with van der Waals surface area (Å²) in [6.07, 6.45) is 0. The van der Waals surface area contributed by atoms with Crippen LogP contribution in [0.25, 0.3) is 0 Å². The molecule has 1 heterocycles. The number of carboxylic acids is 1.